The zero-order chi connectivity index (χ0) is 22.0. The van der Waals surface area contributed by atoms with E-state index in [4.69, 9.17) is 25.5 Å². The van der Waals surface area contributed by atoms with Gasteiger partial charge in [-0.15, -0.1) is 0 Å². The molecule has 0 atom stereocenters. The van der Waals surface area contributed by atoms with E-state index in [-0.39, 0.29) is 56.4 Å². The molecule has 5 N–H and O–H groups in total. The Morgan fingerprint density at radius 1 is 0.258 bits per heavy atom. The molecule has 31 heavy (non-hydrogen) atoms. The van der Waals surface area contributed by atoms with Gasteiger partial charge in [-0.25, -0.2) is 0 Å². The summed E-state index contributed by atoms with van der Waals surface area (Å²) in [5.41, 5.74) is 0. The van der Waals surface area contributed by atoms with Gasteiger partial charge >= 0.3 is 0 Å². The van der Waals surface area contributed by atoms with Crippen LogP contribution < -0.4 is 0 Å². The first-order valence-corrected chi connectivity index (χ1v) is 12.9. The summed E-state index contributed by atoms with van der Waals surface area (Å²) in [7, 11) is 0. The Balaban J connectivity index is 0.000000360. The Hall–Kier alpha value is 0.670. The van der Waals surface area contributed by atoms with Crippen molar-refractivity contribution in [2.75, 3.05) is 0 Å². The molecule has 6 heteroatoms. The Morgan fingerprint density at radius 3 is 0.387 bits per heavy atom. The Bertz CT molecular complexity index is 274. The Morgan fingerprint density at radius 2 is 0.355 bits per heavy atom. The number of hydrogen-bond acceptors (Lipinski definition) is 5. The Labute approximate surface area is 209 Å². The van der Waals surface area contributed by atoms with Gasteiger partial charge in [0.15, 0.2) is 0 Å². The molecular formula is C25H50HfO5. The molecule has 0 spiro atoms. The summed E-state index contributed by atoms with van der Waals surface area (Å²) in [4.78, 5) is 0. The molecule has 0 bridgehead atoms. The van der Waals surface area contributed by atoms with Crippen LogP contribution in [0.4, 0.5) is 0 Å². The summed E-state index contributed by atoms with van der Waals surface area (Å²) < 4.78 is 0. The van der Waals surface area contributed by atoms with E-state index in [2.05, 4.69) is 0 Å². The molecule has 0 unspecified atom stereocenters. The molecule has 0 aromatic rings. The van der Waals surface area contributed by atoms with E-state index in [0.29, 0.717) is 0 Å². The van der Waals surface area contributed by atoms with Gasteiger partial charge in [0.05, 0.1) is 30.5 Å². The molecule has 5 nitrogen and oxygen atoms in total. The normalized spacial score (nSPS) is 24.7. The monoisotopic (exact) mass is 610 g/mol. The predicted molar refractivity (Wildman–Crippen MR) is 122 cm³/mol. The third-order valence-electron chi connectivity index (χ3n) is 6.62. The van der Waals surface area contributed by atoms with E-state index in [1.165, 1.54) is 64.2 Å². The van der Waals surface area contributed by atoms with Gasteiger partial charge in [-0.3, -0.25) is 0 Å². The van der Waals surface area contributed by atoms with Gasteiger partial charge in [0.2, 0.25) is 0 Å². The maximum Gasteiger partial charge on any atom is 0.0540 e. The van der Waals surface area contributed by atoms with Crippen LogP contribution in [0.25, 0.3) is 0 Å². The summed E-state index contributed by atoms with van der Waals surface area (Å²) >= 11 is 0. The predicted octanol–water partition coefficient (Wildman–Crippen LogP) is 4.60. The second-order valence-corrected chi connectivity index (χ2v) is 9.69. The molecule has 0 amide bonds. The van der Waals surface area contributed by atoms with Gasteiger partial charge < -0.3 is 25.5 Å². The standard InChI is InChI=1S/5C5H10O.Hf/c5*6-5-3-1-2-4-5;/h5*5-6H,1-4H2;. The molecule has 0 heterocycles. The fraction of sp³-hybridized carbons (Fsp3) is 1.00. The van der Waals surface area contributed by atoms with Crippen molar-refractivity contribution >= 4 is 0 Å². The first-order chi connectivity index (χ1) is 14.5. The van der Waals surface area contributed by atoms with Gasteiger partial charge in [-0.05, 0) is 64.2 Å². The molecule has 0 aromatic heterocycles. The zero-order valence-corrected chi connectivity index (χ0v) is 23.4. The van der Waals surface area contributed by atoms with Crippen molar-refractivity contribution in [3.63, 3.8) is 0 Å². The van der Waals surface area contributed by atoms with Crippen LogP contribution >= 0.6 is 0 Å². The van der Waals surface area contributed by atoms with E-state index in [1.54, 1.807) is 0 Å². The maximum absolute atomic E-state index is 8.73. The summed E-state index contributed by atoms with van der Waals surface area (Å²) in [6.07, 6.45) is 23.0. The fourth-order valence-corrected chi connectivity index (χ4v) is 4.52. The van der Waals surface area contributed by atoms with Gasteiger partial charge in [0.1, 0.15) is 0 Å². The molecular weight excluding hydrogens is 559 g/mol. The second kappa shape index (κ2) is 21.2. The number of hydrogen-bond donors (Lipinski definition) is 5. The summed E-state index contributed by atoms with van der Waals surface area (Å²) in [5, 5.41) is 43.6. The van der Waals surface area contributed by atoms with Crippen molar-refractivity contribution in [2.45, 2.75) is 159 Å². The van der Waals surface area contributed by atoms with Crippen molar-refractivity contribution in [2.24, 2.45) is 0 Å². The minimum absolute atomic E-state index is 0. The third-order valence-corrected chi connectivity index (χ3v) is 6.62. The van der Waals surface area contributed by atoms with Crippen LogP contribution in [-0.2, 0) is 25.8 Å². The van der Waals surface area contributed by atoms with Crippen LogP contribution in [0.2, 0.25) is 0 Å². The van der Waals surface area contributed by atoms with Crippen LogP contribution in [0.5, 0.6) is 0 Å². The maximum atomic E-state index is 8.73. The molecule has 184 valence electrons. The molecule has 0 aliphatic heterocycles. The van der Waals surface area contributed by atoms with Gasteiger partial charge in [0.25, 0.3) is 0 Å². The van der Waals surface area contributed by atoms with E-state index in [9.17, 15) is 0 Å². The fourth-order valence-electron chi connectivity index (χ4n) is 4.52. The van der Waals surface area contributed by atoms with Crippen LogP contribution in [0, 0.1) is 0 Å². The molecule has 0 radical (unpaired) electrons. The van der Waals surface area contributed by atoms with E-state index >= 15 is 0 Å². The van der Waals surface area contributed by atoms with Crippen molar-refractivity contribution in [3.8, 4) is 0 Å². The van der Waals surface area contributed by atoms with Crippen LogP contribution in [-0.4, -0.2) is 56.1 Å². The van der Waals surface area contributed by atoms with Crippen molar-refractivity contribution in [1.29, 1.82) is 0 Å². The third kappa shape index (κ3) is 19.8. The first kappa shape index (κ1) is 31.7. The molecule has 5 fully saturated rings. The topological polar surface area (TPSA) is 101 Å². The van der Waals surface area contributed by atoms with Crippen molar-refractivity contribution in [1.82, 2.24) is 0 Å². The van der Waals surface area contributed by atoms with E-state index < -0.39 is 0 Å². The van der Waals surface area contributed by atoms with Gasteiger partial charge in [-0.1, -0.05) is 64.2 Å². The SMILES string of the molecule is OC1CCCC1.OC1CCCC1.OC1CCCC1.OC1CCCC1.OC1CCCC1.[Hf]. The van der Waals surface area contributed by atoms with Crippen LogP contribution in [0.3, 0.4) is 0 Å². The summed E-state index contributed by atoms with van der Waals surface area (Å²) in [6, 6.07) is 0. The van der Waals surface area contributed by atoms with Crippen molar-refractivity contribution in [3.05, 3.63) is 0 Å². The Kier molecular flexibility index (Phi) is 21.7. The molecule has 0 saturated heterocycles. The quantitative estimate of drug-likeness (QED) is 0.259. The number of rotatable bonds is 0. The molecule has 5 aliphatic rings. The minimum Gasteiger partial charge on any atom is -0.393 e. The average Bonchev–Trinajstić information content (AvgIpc) is 3.50. The minimum atomic E-state index is 0. The molecule has 5 aliphatic carbocycles. The van der Waals surface area contributed by atoms with E-state index in [1.807, 2.05) is 0 Å². The van der Waals surface area contributed by atoms with Crippen LogP contribution in [0.1, 0.15) is 128 Å². The largest absolute Gasteiger partial charge is 0.393 e. The van der Waals surface area contributed by atoms with Gasteiger partial charge in [0, 0.05) is 25.8 Å². The summed E-state index contributed by atoms with van der Waals surface area (Å²) in [6.45, 7) is 0. The molecule has 5 saturated carbocycles. The average molecular weight is 609 g/mol. The summed E-state index contributed by atoms with van der Waals surface area (Å²) in [5.74, 6) is 0. The molecule has 5 rings (SSSR count). The molecule has 0 aromatic carbocycles. The number of aliphatic hydroxyl groups excluding tert-OH is 5. The van der Waals surface area contributed by atoms with Crippen LogP contribution in [0.15, 0.2) is 0 Å². The zero-order valence-electron chi connectivity index (χ0n) is 19.8. The smallest absolute Gasteiger partial charge is 0.0540 e. The van der Waals surface area contributed by atoms with Gasteiger partial charge in [-0.2, -0.15) is 0 Å². The number of aliphatic hydroxyl groups is 5. The first-order valence-electron chi connectivity index (χ1n) is 12.9. The second-order valence-electron chi connectivity index (χ2n) is 9.69. The van der Waals surface area contributed by atoms with Crippen molar-refractivity contribution < 1.29 is 51.4 Å². The van der Waals surface area contributed by atoms with E-state index in [0.717, 1.165) is 64.2 Å².